The van der Waals surface area contributed by atoms with Gasteiger partial charge in [0.15, 0.2) is 0 Å². The number of carbonyl (C=O) groups excluding carboxylic acids is 3. The van der Waals surface area contributed by atoms with Crippen LogP contribution >= 0.6 is 0 Å². The Morgan fingerprint density at radius 3 is 2.37 bits per heavy atom. The Bertz CT molecular complexity index is 1060. The molecule has 3 unspecified atom stereocenters. The molecule has 2 N–H and O–H groups in total. The maximum Gasteiger partial charge on any atom is 0.314 e. The smallest absolute Gasteiger partial charge is 0.314 e. The van der Waals surface area contributed by atoms with Crippen LogP contribution in [0.15, 0.2) is 60.7 Å². The third kappa shape index (κ3) is 5.10. The highest BCUT2D eigenvalue weighted by Gasteiger charge is 2.56. The normalized spacial score (nSPS) is 22.9. The molecule has 7 nitrogen and oxygen atoms in total. The minimum atomic E-state index is -1.12. The summed E-state index contributed by atoms with van der Waals surface area (Å²) in [4.78, 5) is 41.0. The van der Waals surface area contributed by atoms with Crippen LogP contribution in [0, 0.1) is 22.7 Å². The van der Waals surface area contributed by atoms with Gasteiger partial charge in [0.05, 0.1) is 36.6 Å². The first kappa shape index (κ1) is 24.9. The fourth-order valence-electron chi connectivity index (χ4n) is 5.20. The first-order chi connectivity index (χ1) is 16.7. The molecule has 186 valence electrons. The van der Waals surface area contributed by atoms with Gasteiger partial charge >= 0.3 is 5.97 Å². The Hall–Kier alpha value is -3.19. The van der Waals surface area contributed by atoms with Gasteiger partial charge in [-0.2, -0.15) is 0 Å². The monoisotopic (exact) mass is 478 g/mol. The van der Waals surface area contributed by atoms with Crippen molar-refractivity contribution in [1.29, 1.82) is 0 Å². The van der Waals surface area contributed by atoms with Gasteiger partial charge in [0.25, 0.3) is 0 Å². The summed E-state index contributed by atoms with van der Waals surface area (Å²) in [5.41, 5.74) is 5.82. The van der Waals surface area contributed by atoms with Crippen LogP contribution in [0.1, 0.15) is 31.4 Å². The number of nitrogens with zero attached hydrogens (tertiary/aromatic N) is 1. The Balaban J connectivity index is 1.55. The molecule has 0 spiro atoms. The second kappa shape index (κ2) is 10.2. The number of nitrogens with two attached hydrogens (primary N) is 1. The number of ether oxygens (including phenoxy) is 2. The SMILES string of the molecule is CC(C)(C(N)=O)C(COCc1ccccc1)C(=O)N1CCC2COC(=O)C2(Cc2ccccc2)C1. The van der Waals surface area contributed by atoms with Crippen LogP contribution < -0.4 is 5.73 Å². The standard InChI is InChI=1S/C28H34N2O5/c1-27(2,25(29)32)23(18-34-16-21-11-7-4-8-12-21)24(31)30-14-13-22-17-35-26(33)28(22,19-30)15-20-9-5-3-6-10-20/h3-12,22-23H,13-19H2,1-2H3,(H2,29,32). The van der Waals surface area contributed by atoms with Crippen molar-refractivity contribution in [2.45, 2.75) is 33.3 Å². The van der Waals surface area contributed by atoms with Crippen molar-refractivity contribution in [2.24, 2.45) is 28.4 Å². The molecule has 0 aliphatic carbocycles. The lowest BCUT2D eigenvalue weighted by atomic mass is 9.68. The number of benzene rings is 2. The van der Waals surface area contributed by atoms with Crippen molar-refractivity contribution in [1.82, 2.24) is 4.90 Å². The van der Waals surface area contributed by atoms with Gasteiger partial charge in [-0.05, 0) is 24.0 Å². The molecule has 2 aromatic rings. The van der Waals surface area contributed by atoms with Gasteiger partial charge in [-0.25, -0.2) is 0 Å². The summed E-state index contributed by atoms with van der Waals surface area (Å²) in [5.74, 6) is -1.75. The van der Waals surface area contributed by atoms with Crippen LogP contribution in [0.4, 0.5) is 0 Å². The second-order valence-corrected chi connectivity index (χ2v) is 10.3. The van der Waals surface area contributed by atoms with Gasteiger partial charge in [-0.15, -0.1) is 0 Å². The van der Waals surface area contributed by atoms with E-state index in [1.807, 2.05) is 60.7 Å². The first-order valence-corrected chi connectivity index (χ1v) is 12.2. The number of carbonyl (C=O) groups is 3. The van der Waals surface area contributed by atoms with Crippen molar-refractivity contribution < 1.29 is 23.9 Å². The summed E-state index contributed by atoms with van der Waals surface area (Å²) >= 11 is 0. The zero-order valence-corrected chi connectivity index (χ0v) is 20.4. The first-order valence-electron chi connectivity index (χ1n) is 12.2. The van der Waals surface area contributed by atoms with E-state index in [0.29, 0.717) is 32.6 Å². The lowest BCUT2D eigenvalue weighted by Crippen LogP contribution is -2.57. The highest BCUT2D eigenvalue weighted by molar-refractivity contribution is 5.90. The molecule has 2 aromatic carbocycles. The van der Waals surface area contributed by atoms with Crippen molar-refractivity contribution in [2.75, 3.05) is 26.3 Å². The molecule has 35 heavy (non-hydrogen) atoms. The number of cyclic esters (lactones) is 1. The Morgan fingerprint density at radius 2 is 1.74 bits per heavy atom. The number of esters is 1. The van der Waals surface area contributed by atoms with Gasteiger partial charge in [0.1, 0.15) is 0 Å². The van der Waals surface area contributed by atoms with Crippen molar-refractivity contribution >= 4 is 17.8 Å². The number of hydrogen-bond donors (Lipinski definition) is 1. The predicted molar refractivity (Wildman–Crippen MR) is 131 cm³/mol. The number of piperidine rings is 1. The van der Waals surface area contributed by atoms with Crippen LogP contribution in [-0.2, 0) is 36.9 Å². The minimum Gasteiger partial charge on any atom is -0.465 e. The van der Waals surface area contributed by atoms with Gasteiger partial charge in [0, 0.05) is 19.0 Å². The average molecular weight is 479 g/mol. The third-order valence-electron chi connectivity index (χ3n) is 7.70. The van der Waals surface area contributed by atoms with E-state index in [0.717, 1.165) is 11.1 Å². The summed E-state index contributed by atoms with van der Waals surface area (Å²) in [5, 5.41) is 0. The van der Waals surface area contributed by atoms with E-state index < -0.39 is 22.7 Å². The molecule has 2 heterocycles. The van der Waals surface area contributed by atoms with Crippen LogP contribution in [0.25, 0.3) is 0 Å². The molecule has 2 aliphatic heterocycles. The molecule has 3 atom stereocenters. The molecule has 0 radical (unpaired) electrons. The zero-order chi connectivity index (χ0) is 25.1. The molecule has 2 fully saturated rings. The van der Waals surface area contributed by atoms with Crippen LogP contribution in [-0.4, -0.2) is 49.0 Å². The van der Waals surface area contributed by atoms with Crippen LogP contribution in [0.2, 0.25) is 0 Å². The van der Waals surface area contributed by atoms with E-state index in [9.17, 15) is 14.4 Å². The number of likely N-dealkylation sites (tertiary alicyclic amines) is 1. The van der Waals surface area contributed by atoms with Crippen molar-refractivity contribution in [3.63, 3.8) is 0 Å². The quantitative estimate of drug-likeness (QED) is 0.559. The maximum atomic E-state index is 13.9. The van der Waals surface area contributed by atoms with E-state index in [-0.39, 0.29) is 30.9 Å². The molecule has 7 heteroatoms. The molecule has 0 saturated carbocycles. The fraction of sp³-hybridized carbons (Fsp3) is 0.464. The lowest BCUT2D eigenvalue weighted by molar-refractivity contribution is -0.156. The number of primary amides is 1. The highest BCUT2D eigenvalue weighted by atomic mass is 16.5. The van der Waals surface area contributed by atoms with E-state index in [4.69, 9.17) is 15.2 Å². The third-order valence-corrected chi connectivity index (χ3v) is 7.70. The minimum absolute atomic E-state index is 0.0520. The number of hydrogen-bond acceptors (Lipinski definition) is 5. The number of rotatable bonds is 9. The summed E-state index contributed by atoms with van der Waals surface area (Å²) < 4.78 is 11.4. The molecular weight excluding hydrogens is 444 g/mol. The molecule has 4 rings (SSSR count). The summed E-state index contributed by atoms with van der Waals surface area (Å²) in [6.45, 7) is 4.88. The molecule has 2 saturated heterocycles. The zero-order valence-electron chi connectivity index (χ0n) is 20.4. The van der Waals surface area contributed by atoms with Crippen molar-refractivity contribution in [3.8, 4) is 0 Å². The Labute approximate surface area is 206 Å². The largest absolute Gasteiger partial charge is 0.465 e. The average Bonchev–Trinajstić information content (AvgIpc) is 3.17. The summed E-state index contributed by atoms with van der Waals surface area (Å²) in [7, 11) is 0. The number of fused-ring (bicyclic) bond motifs is 1. The summed E-state index contributed by atoms with van der Waals surface area (Å²) in [6, 6.07) is 19.5. The summed E-state index contributed by atoms with van der Waals surface area (Å²) in [6.07, 6.45) is 1.18. The molecular formula is C28H34N2O5. The Kier molecular flexibility index (Phi) is 7.26. The fourth-order valence-corrected chi connectivity index (χ4v) is 5.20. The van der Waals surface area contributed by atoms with E-state index in [1.54, 1.807) is 18.7 Å². The topological polar surface area (TPSA) is 98.9 Å². The van der Waals surface area contributed by atoms with Gasteiger partial charge in [-0.3, -0.25) is 14.4 Å². The Morgan fingerprint density at radius 1 is 1.11 bits per heavy atom. The molecule has 2 amide bonds. The highest BCUT2D eigenvalue weighted by Crippen LogP contribution is 2.45. The van der Waals surface area contributed by atoms with Crippen LogP contribution in [0.3, 0.4) is 0 Å². The second-order valence-electron chi connectivity index (χ2n) is 10.3. The molecule has 0 bridgehead atoms. The van der Waals surface area contributed by atoms with Gasteiger partial charge in [-0.1, -0.05) is 74.5 Å². The van der Waals surface area contributed by atoms with E-state index in [1.165, 1.54) is 0 Å². The predicted octanol–water partition coefficient (Wildman–Crippen LogP) is 2.97. The van der Waals surface area contributed by atoms with Crippen LogP contribution in [0.5, 0.6) is 0 Å². The van der Waals surface area contributed by atoms with E-state index >= 15 is 0 Å². The van der Waals surface area contributed by atoms with Gasteiger partial charge in [0.2, 0.25) is 11.8 Å². The maximum absolute atomic E-state index is 13.9. The number of amides is 2. The molecule has 2 aliphatic rings. The van der Waals surface area contributed by atoms with E-state index in [2.05, 4.69) is 0 Å². The van der Waals surface area contributed by atoms with Crippen molar-refractivity contribution in [3.05, 3.63) is 71.8 Å². The van der Waals surface area contributed by atoms with Gasteiger partial charge < -0.3 is 20.1 Å². The lowest BCUT2D eigenvalue weighted by Gasteiger charge is -2.44. The molecule has 0 aromatic heterocycles.